The molecule has 1 aliphatic heterocycles. The van der Waals surface area contributed by atoms with E-state index in [9.17, 15) is 4.39 Å². The zero-order valence-corrected chi connectivity index (χ0v) is 13.6. The van der Waals surface area contributed by atoms with Gasteiger partial charge < -0.3 is 13.9 Å². The molecule has 0 saturated carbocycles. The van der Waals surface area contributed by atoms with E-state index in [4.69, 9.17) is 13.9 Å². The van der Waals surface area contributed by atoms with E-state index < -0.39 is 0 Å². The predicted molar refractivity (Wildman–Crippen MR) is 87.0 cm³/mol. The van der Waals surface area contributed by atoms with E-state index in [2.05, 4.69) is 15.1 Å². The fourth-order valence-electron chi connectivity index (χ4n) is 3.13. The highest BCUT2D eigenvalue weighted by atomic mass is 19.1. The molecule has 4 rings (SSSR count). The van der Waals surface area contributed by atoms with Crippen molar-refractivity contribution < 1.29 is 18.3 Å². The molecule has 3 aromatic rings. The maximum Gasteiger partial charge on any atom is 0.250 e. The Balaban J connectivity index is 1.43. The van der Waals surface area contributed by atoms with Gasteiger partial charge in [-0.15, -0.1) is 10.2 Å². The smallest absolute Gasteiger partial charge is 0.250 e. The molecule has 3 heterocycles. The van der Waals surface area contributed by atoms with Crippen LogP contribution >= 0.6 is 0 Å². The lowest BCUT2D eigenvalue weighted by molar-refractivity contribution is 0.231. The van der Waals surface area contributed by atoms with Crippen LogP contribution in [0.3, 0.4) is 0 Å². The number of rotatable bonds is 5. The summed E-state index contributed by atoms with van der Waals surface area (Å²) in [4.78, 5) is 2.23. The van der Waals surface area contributed by atoms with Gasteiger partial charge in [-0.1, -0.05) is 12.1 Å². The van der Waals surface area contributed by atoms with E-state index in [1.165, 1.54) is 6.07 Å². The van der Waals surface area contributed by atoms with Crippen molar-refractivity contribution in [3.63, 3.8) is 0 Å². The SMILES string of the molecule is OCc1ccc(CN2CC[C@H](c3nnc(-c4ccccc4F)o3)C2)o1. The zero-order valence-electron chi connectivity index (χ0n) is 13.6. The summed E-state index contributed by atoms with van der Waals surface area (Å²) < 4.78 is 25.1. The topological polar surface area (TPSA) is 75.5 Å². The van der Waals surface area contributed by atoms with Crippen LogP contribution in [0.25, 0.3) is 11.5 Å². The van der Waals surface area contributed by atoms with Gasteiger partial charge in [0, 0.05) is 6.54 Å². The van der Waals surface area contributed by atoms with Crippen molar-refractivity contribution >= 4 is 0 Å². The first-order valence-corrected chi connectivity index (χ1v) is 8.22. The largest absolute Gasteiger partial charge is 0.462 e. The second-order valence-electron chi connectivity index (χ2n) is 6.17. The monoisotopic (exact) mass is 343 g/mol. The summed E-state index contributed by atoms with van der Waals surface area (Å²) in [5.41, 5.74) is 0.322. The van der Waals surface area contributed by atoms with Crippen LogP contribution in [0.1, 0.15) is 29.7 Å². The summed E-state index contributed by atoms with van der Waals surface area (Å²) in [6, 6.07) is 10.0. The molecule has 1 atom stereocenters. The second-order valence-corrected chi connectivity index (χ2v) is 6.17. The van der Waals surface area contributed by atoms with E-state index >= 15 is 0 Å². The maximum atomic E-state index is 13.8. The van der Waals surface area contributed by atoms with Crippen LogP contribution in [0.2, 0.25) is 0 Å². The Morgan fingerprint density at radius 1 is 1.12 bits per heavy atom. The van der Waals surface area contributed by atoms with Crippen LogP contribution in [0.4, 0.5) is 4.39 Å². The Hall–Kier alpha value is -2.51. The standard InChI is InChI=1S/C18H18FN3O3/c19-16-4-2-1-3-15(16)18-21-20-17(25-18)12-7-8-22(9-12)10-13-5-6-14(11-23)24-13/h1-6,12,23H,7-11H2/t12-/m0/s1. The minimum atomic E-state index is -0.372. The van der Waals surface area contributed by atoms with Gasteiger partial charge in [-0.05, 0) is 37.2 Å². The zero-order chi connectivity index (χ0) is 17.2. The average molecular weight is 343 g/mol. The van der Waals surface area contributed by atoms with Gasteiger partial charge in [0.25, 0.3) is 5.89 Å². The second kappa shape index (κ2) is 6.78. The minimum absolute atomic E-state index is 0.0938. The predicted octanol–water partition coefficient (Wildman–Crippen LogP) is 2.95. The number of hydrogen-bond donors (Lipinski definition) is 1. The van der Waals surface area contributed by atoms with E-state index in [1.54, 1.807) is 24.3 Å². The van der Waals surface area contributed by atoms with Crippen LogP contribution in [0, 0.1) is 5.82 Å². The van der Waals surface area contributed by atoms with Gasteiger partial charge in [-0.2, -0.15) is 0 Å². The summed E-state index contributed by atoms with van der Waals surface area (Å²) in [7, 11) is 0. The maximum absolute atomic E-state index is 13.8. The lowest BCUT2D eigenvalue weighted by Gasteiger charge is -2.13. The number of aliphatic hydroxyl groups excluding tert-OH is 1. The van der Waals surface area contributed by atoms with E-state index in [-0.39, 0.29) is 24.2 Å². The molecule has 1 aromatic carbocycles. The summed E-state index contributed by atoms with van der Waals surface area (Å²) in [6.07, 6.45) is 0.895. The molecule has 7 heteroatoms. The Morgan fingerprint density at radius 2 is 1.96 bits per heavy atom. The fraction of sp³-hybridized carbons (Fsp3) is 0.333. The Labute approximate surface area is 143 Å². The number of nitrogens with zero attached hydrogens (tertiary/aromatic N) is 3. The molecule has 6 nitrogen and oxygen atoms in total. The first-order chi connectivity index (χ1) is 12.2. The minimum Gasteiger partial charge on any atom is -0.462 e. The number of aliphatic hydroxyl groups is 1. The van der Waals surface area contributed by atoms with Crippen molar-refractivity contribution in [1.29, 1.82) is 0 Å². The van der Waals surface area contributed by atoms with E-state index in [0.29, 0.717) is 23.8 Å². The molecule has 0 radical (unpaired) electrons. The molecule has 0 bridgehead atoms. The van der Waals surface area contributed by atoms with Gasteiger partial charge in [-0.25, -0.2) is 4.39 Å². The van der Waals surface area contributed by atoms with Gasteiger partial charge >= 0.3 is 0 Å². The van der Waals surface area contributed by atoms with Crippen molar-refractivity contribution in [1.82, 2.24) is 15.1 Å². The van der Waals surface area contributed by atoms with Gasteiger partial charge in [0.1, 0.15) is 23.9 Å². The number of likely N-dealkylation sites (tertiary alicyclic amines) is 1. The molecular formula is C18H18FN3O3. The summed E-state index contributed by atoms with van der Waals surface area (Å²) in [5, 5.41) is 17.2. The van der Waals surface area contributed by atoms with Crippen LogP contribution in [0.15, 0.2) is 45.2 Å². The highest BCUT2D eigenvalue weighted by Crippen LogP contribution is 2.30. The van der Waals surface area contributed by atoms with Crippen LogP contribution in [-0.2, 0) is 13.2 Å². The van der Waals surface area contributed by atoms with Crippen LogP contribution in [-0.4, -0.2) is 33.3 Å². The summed E-state index contributed by atoms with van der Waals surface area (Å²) >= 11 is 0. The average Bonchev–Trinajstić information content (AvgIpc) is 3.35. The molecule has 0 spiro atoms. The van der Waals surface area contributed by atoms with Gasteiger partial charge in [0.05, 0.1) is 18.0 Å². The molecule has 25 heavy (non-hydrogen) atoms. The molecule has 0 amide bonds. The number of halogens is 1. The number of aromatic nitrogens is 2. The van der Waals surface area contributed by atoms with Gasteiger partial charge in [0.15, 0.2) is 0 Å². The molecule has 0 aliphatic carbocycles. The lowest BCUT2D eigenvalue weighted by Crippen LogP contribution is -2.19. The van der Waals surface area contributed by atoms with Crippen molar-refractivity contribution in [2.24, 2.45) is 0 Å². The normalized spacial score (nSPS) is 18.1. The van der Waals surface area contributed by atoms with Gasteiger partial charge in [0.2, 0.25) is 5.89 Å². The molecular weight excluding hydrogens is 325 g/mol. The third-order valence-corrected chi connectivity index (χ3v) is 4.42. The van der Waals surface area contributed by atoms with E-state index in [0.717, 1.165) is 25.3 Å². The van der Waals surface area contributed by atoms with Crippen molar-refractivity contribution in [3.05, 3.63) is 59.6 Å². The molecule has 0 unspecified atom stereocenters. The Bertz CT molecular complexity index is 861. The first-order valence-electron chi connectivity index (χ1n) is 8.22. The summed E-state index contributed by atoms with van der Waals surface area (Å²) in [6.45, 7) is 2.24. The van der Waals surface area contributed by atoms with Crippen LogP contribution < -0.4 is 0 Å². The fourth-order valence-corrected chi connectivity index (χ4v) is 3.13. The molecule has 130 valence electrons. The van der Waals surface area contributed by atoms with Crippen molar-refractivity contribution in [3.8, 4) is 11.5 Å². The lowest BCUT2D eigenvalue weighted by atomic mass is 10.1. The Morgan fingerprint density at radius 3 is 2.76 bits per heavy atom. The highest BCUT2D eigenvalue weighted by molar-refractivity contribution is 5.53. The molecule has 2 aromatic heterocycles. The quantitative estimate of drug-likeness (QED) is 0.768. The number of furan rings is 1. The number of benzene rings is 1. The molecule has 1 saturated heterocycles. The Kier molecular flexibility index (Phi) is 4.33. The molecule has 1 N–H and O–H groups in total. The van der Waals surface area contributed by atoms with Crippen molar-refractivity contribution in [2.75, 3.05) is 13.1 Å². The van der Waals surface area contributed by atoms with Crippen LogP contribution in [0.5, 0.6) is 0 Å². The summed E-state index contributed by atoms with van der Waals surface area (Å²) in [5.74, 6) is 1.89. The van der Waals surface area contributed by atoms with E-state index in [1.807, 2.05) is 6.07 Å². The first kappa shape index (κ1) is 16.0. The number of hydrogen-bond acceptors (Lipinski definition) is 6. The van der Waals surface area contributed by atoms with Gasteiger partial charge in [-0.3, -0.25) is 4.90 Å². The highest BCUT2D eigenvalue weighted by Gasteiger charge is 2.29. The van der Waals surface area contributed by atoms with Crippen molar-refractivity contribution in [2.45, 2.75) is 25.5 Å². The third kappa shape index (κ3) is 3.33. The third-order valence-electron chi connectivity index (χ3n) is 4.42. The molecule has 1 aliphatic rings. The molecule has 1 fully saturated rings.